The van der Waals surface area contributed by atoms with Crippen LogP contribution in [0, 0.1) is 6.92 Å². The van der Waals surface area contributed by atoms with E-state index >= 15 is 0 Å². The summed E-state index contributed by atoms with van der Waals surface area (Å²) < 4.78 is 5.43. The predicted molar refractivity (Wildman–Crippen MR) is 104 cm³/mol. The molecule has 4 heteroatoms. The molecule has 1 rings (SSSR count). The molecule has 0 saturated heterocycles. The first-order valence-electron chi connectivity index (χ1n) is 8.70. The van der Waals surface area contributed by atoms with Crippen molar-refractivity contribution in [3.8, 4) is 11.5 Å². The number of phenolic OH excluding ortho intramolecular Hbond substituents is 1. The zero-order valence-corrected chi connectivity index (χ0v) is 16.7. The van der Waals surface area contributed by atoms with Gasteiger partial charge in [0.1, 0.15) is 6.10 Å². The molecule has 0 aliphatic heterocycles. The van der Waals surface area contributed by atoms with Gasteiger partial charge < -0.3 is 19.8 Å². The Kier molecular flexibility index (Phi) is 8.20. The fraction of sp³-hybridized carbons (Fsp3) is 0.524. The Balaban J connectivity index is 3.23. The number of methoxy groups -OCH3 is 1. The van der Waals surface area contributed by atoms with Gasteiger partial charge in [-0.2, -0.15) is 0 Å². The van der Waals surface area contributed by atoms with Gasteiger partial charge in [0.2, 0.25) is 0 Å². The highest BCUT2D eigenvalue weighted by molar-refractivity contribution is 5.56. The summed E-state index contributed by atoms with van der Waals surface area (Å²) in [6.07, 6.45) is 5.08. The van der Waals surface area contributed by atoms with Crippen LogP contribution in [0.4, 0.5) is 0 Å². The van der Waals surface area contributed by atoms with Crippen LogP contribution in [0.1, 0.15) is 56.4 Å². The van der Waals surface area contributed by atoms with E-state index in [9.17, 15) is 10.2 Å². The van der Waals surface area contributed by atoms with Crippen molar-refractivity contribution < 1.29 is 14.9 Å². The maximum atomic E-state index is 10.8. The Labute approximate surface area is 152 Å². The van der Waals surface area contributed by atoms with Crippen LogP contribution in [0.5, 0.6) is 11.5 Å². The fourth-order valence-electron chi connectivity index (χ4n) is 2.89. The van der Waals surface area contributed by atoms with E-state index in [2.05, 4.69) is 19.9 Å². The van der Waals surface area contributed by atoms with Gasteiger partial charge in [-0.05, 0) is 65.8 Å². The Morgan fingerprint density at radius 3 is 2.44 bits per heavy atom. The molecule has 0 saturated carbocycles. The van der Waals surface area contributed by atoms with E-state index in [0.29, 0.717) is 17.9 Å². The summed E-state index contributed by atoms with van der Waals surface area (Å²) >= 11 is 0. The van der Waals surface area contributed by atoms with Crippen LogP contribution >= 0.6 is 0 Å². The highest BCUT2D eigenvalue weighted by atomic mass is 16.5. The molecule has 25 heavy (non-hydrogen) atoms. The second-order valence-electron chi connectivity index (χ2n) is 7.16. The highest BCUT2D eigenvalue weighted by Gasteiger charge is 2.22. The lowest BCUT2D eigenvalue weighted by atomic mass is 9.95. The lowest BCUT2D eigenvalue weighted by Crippen LogP contribution is -2.14. The van der Waals surface area contributed by atoms with Crippen LogP contribution < -0.4 is 4.74 Å². The molecule has 0 aliphatic carbocycles. The molecule has 0 aromatic heterocycles. The van der Waals surface area contributed by atoms with E-state index < -0.39 is 6.10 Å². The quantitative estimate of drug-likeness (QED) is 0.680. The minimum atomic E-state index is -0.817. The molecule has 4 nitrogen and oxygen atoms in total. The van der Waals surface area contributed by atoms with Crippen molar-refractivity contribution in [2.24, 2.45) is 0 Å². The number of aliphatic hydroxyl groups excluding tert-OH is 1. The molecular weight excluding hydrogens is 314 g/mol. The Hall–Kier alpha value is -1.78. The third kappa shape index (κ3) is 6.22. The third-order valence-corrected chi connectivity index (χ3v) is 4.09. The van der Waals surface area contributed by atoms with Crippen LogP contribution in [0.25, 0.3) is 0 Å². The summed E-state index contributed by atoms with van der Waals surface area (Å²) in [6, 6.07) is 1.92. The molecule has 140 valence electrons. The maximum Gasteiger partial charge on any atom is 0.167 e. The summed E-state index contributed by atoms with van der Waals surface area (Å²) in [5.74, 6) is 0.451. The number of aliphatic hydroxyl groups is 1. The first kappa shape index (κ1) is 21.3. The standard InChI is InChI=1S/C21H33NO3/c1-14(2)9-8-10-15(3)11-18(23)19-17(13-22(5)6)12-16(4)20(24)21(19)25-7/h9,11-12,18,23-24H,8,10,13H2,1-7H3/b15-11+. The minimum absolute atomic E-state index is 0.0923. The number of rotatable bonds is 8. The molecule has 1 aromatic carbocycles. The average Bonchev–Trinajstić information content (AvgIpc) is 2.49. The van der Waals surface area contributed by atoms with Crippen molar-refractivity contribution in [2.45, 2.75) is 53.2 Å². The molecule has 2 N–H and O–H groups in total. The van der Waals surface area contributed by atoms with Gasteiger partial charge in [0.05, 0.1) is 7.11 Å². The lowest BCUT2D eigenvalue weighted by molar-refractivity contribution is 0.217. The number of aryl methyl sites for hydroxylation is 1. The number of ether oxygens (including phenoxy) is 1. The van der Waals surface area contributed by atoms with E-state index in [0.717, 1.165) is 29.5 Å². The van der Waals surface area contributed by atoms with Crippen molar-refractivity contribution >= 4 is 0 Å². The minimum Gasteiger partial charge on any atom is -0.504 e. The van der Waals surface area contributed by atoms with Gasteiger partial charge in [0.25, 0.3) is 0 Å². The molecule has 0 amide bonds. The van der Waals surface area contributed by atoms with Crippen molar-refractivity contribution in [3.05, 3.63) is 46.1 Å². The van der Waals surface area contributed by atoms with E-state index in [4.69, 9.17) is 4.74 Å². The van der Waals surface area contributed by atoms with Crippen LogP contribution in [0.3, 0.4) is 0 Å². The Bertz CT molecular complexity index is 641. The maximum absolute atomic E-state index is 10.8. The van der Waals surface area contributed by atoms with Gasteiger partial charge in [-0.25, -0.2) is 0 Å². The SMILES string of the molecule is COc1c(O)c(C)cc(CN(C)C)c1C(O)/C=C(\C)CCC=C(C)C. The lowest BCUT2D eigenvalue weighted by Gasteiger charge is -2.22. The van der Waals surface area contributed by atoms with Gasteiger partial charge in [-0.15, -0.1) is 0 Å². The summed E-state index contributed by atoms with van der Waals surface area (Å²) in [5, 5.41) is 21.2. The molecule has 1 unspecified atom stereocenters. The number of nitrogens with zero attached hydrogens (tertiary/aromatic N) is 1. The molecule has 0 radical (unpaired) electrons. The van der Waals surface area contributed by atoms with Crippen LogP contribution in [-0.2, 0) is 6.54 Å². The van der Waals surface area contributed by atoms with Crippen molar-refractivity contribution in [1.29, 1.82) is 0 Å². The molecule has 0 heterocycles. The van der Waals surface area contributed by atoms with E-state index in [1.165, 1.54) is 12.7 Å². The largest absolute Gasteiger partial charge is 0.504 e. The first-order valence-corrected chi connectivity index (χ1v) is 8.70. The second-order valence-corrected chi connectivity index (χ2v) is 7.16. The van der Waals surface area contributed by atoms with E-state index in [1.54, 1.807) is 0 Å². The molecule has 0 fully saturated rings. The number of allylic oxidation sites excluding steroid dienone is 3. The smallest absolute Gasteiger partial charge is 0.167 e. The van der Waals surface area contributed by atoms with Crippen molar-refractivity contribution in [3.63, 3.8) is 0 Å². The predicted octanol–water partition coefficient (Wildman–Crippen LogP) is 4.50. The van der Waals surface area contributed by atoms with Gasteiger partial charge in [0, 0.05) is 12.1 Å². The van der Waals surface area contributed by atoms with Gasteiger partial charge in [-0.1, -0.05) is 29.4 Å². The summed E-state index contributed by atoms with van der Waals surface area (Å²) in [7, 11) is 5.48. The van der Waals surface area contributed by atoms with Crippen molar-refractivity contribution in [1.82, 2.24) is 4.90 Å². The normalized spacial score (nSPS) is 13.1. The zero-order valence-electron chi connectivity index (χ0n) is 16.7. The van der Waals surface area contributed by atoms with Crippen LogP contribution in [0.15, 0.2) is 29.4 Å². The number of hydrogen-bond acceptors (Lipinski definition) is 4. The van der Waals surface area contributed by atoms with Gasteiger partial charge in [-0.3, -0.25) is 0 Å². The first-order chi connectivity index (χ1) is 11.7. The van der Waals surface area contributed by atoms with Gasteiger partial charge in [0.15, 0.2) is 11.5 Å². The third-order valence-electron chi connectivity index (χ3n) is 4.09. The second kappa shape index (κ2) is 9.64. The number of benzene rings is 1. The Morgan fingerprint density at radius 2 is 1.92 bits per heavy atom. The molecule has 0 aliphatic rings. The topological polar surface area (TPSA) is 52.9 Å². The molecule has 1 aromatic rings. The average molecular weight is 347 g/mol. The van der Waals surface area contributed by atoms with Crippen LogP contribution in [-0.4, -0.2) is 36.3 Å². The van der Waals surface area contributed by atoms with Crippen molar-refractivity contribution in [2.75, 3.05) is 21.2 Å². The zero-order chi connectivity index (χ0) is 19.1. The summed E-state index contributed by atoms with van der Waals surface area (Å²) in [6.45, 7) is 8.69. The van der Waals surface area contributed by atoms with Gasteiger partial charge >= 0.3 is 0 Å². The summed E-state index contributed by atoms with van der Waals surface area (Å²) in [4.78, 5) is 2.03. The number of phenols is 1. The summed E-state index contributed by atoms with van der Waals surface area (Å²) in [5.41, 5.74) is 4.75. The number of aromatic hydroxyl groups is 1. The molecule has 0 bridgehead atoms. The number of hydrogen-bond donors (Lipinski definition) is 2. The highest BCUT2D eigenvalue weighted by Crippen LogP contribution is 2.40. The molecule has 0 spiro atoms. The fourth-order valence-corrected chi connectivity index (χ4v) is 2.89. The van der Waals surface area contributed by atoms with Crippen LogP contribution in [0.2, 0.25) is 0 Å². The van der Waals surface area contributed by atoms with E-state index in [1.807, 2.05) is 45.0 Å². The molecule has 1 atom stereocenters. The molecular formula is C21H33NO3. The Morgan fingerprint density at radius 1 is 1.28 bits per heavy atom. The van der Waals surface area contributed by atoms with E-state index in [-0.39, 0.29) is 5.75 Å². The monoisotopic (exact) mass is 347 g/mol.